The van der Waals surface area contributed by atoms with E-state index in [1.165, 1.54) is 5.56 Å². The molecule has 0 saturated heterocycles. The molecule has 2 unspecified atom stereocenters. The van der Waals surface area contributed by atoms with Crippen LogP contribution in [0, 0.1) is 18.3 Å². The van der Waals surface area contributed by atoms with Crippen LogP contribution in [0.2, 0.25) is 5.15 Å². The van der Waals surface area contributed by atoms with Crippen LogP contribution in [0.15, 0.2) is 0 Å². The Morgan fingerprint density at radius 1 is 1.35 bits per heavy atom. The molecule has 3 nitrogen and oxygen atoms in total. The molecule has 0 amide bonds. The van der Waals surface area contributed by atoms with Crippen LogP contribution in [0.1, 0.15) is 52.3 Å². The van der Waals surface area contributed by atoms with Gasteiger partial charge in [-0.15, -0.1) is 0 Å². The number of hydrogen-bond acceptors (Lipinski definition) is 2. The quantitative estimate of drug-likeness (QED) is 0.861. The van der Waals surface area contributed by atoms with E-state index in [0.717, 1.165) is 30.2 Å². The van der Waals surface area contributed by atoms with Gasteiger partial charge < -0.3 is 5.32 Å². The van der Waals surface area contributed by atoms with Gasteiger partial charge in [0.2, 0.25) is 0 Å². The fraction of sp³-hybridized carbons (Fsp3) is 0.812. The minimum Gasteiger partial charge on any atom is -0.314 e. The zero-order valence-electron chi connectivity index (χ0n) is 14.0. The SMILES string of the molecule is CCNC(Cc1c(C)nn(C)c1Cl)CC(C)C(C)(C)C. The first-order valence-electron chi connectivity index (χ1n) is 7.58. The van der Waals surface area contributed by atoms with Gasteiger partial charge in [-0.25, -0.2) is 0 Å². The number of nitrogens with zero attached hydrogens (tertiary/aromatic N) is 2. The largest absolute Gasteiger partial charge is 0.314 e. The Balaban J connectivity index is 2.82. The van der Waals surface area contributed by atoms with Gasteiger partial charge in [-0.05, 0) is 37.6 Å². The average molecular weight is 300 g/mol. The van der Waals surface area contributed by atoms with Gasteiger partial charge in [-0.1, -0.05) is 46.2 Å². The second kappa shape index (κ2) is 6.95. The third-order valence-corrected chi connectivity index (χ3v) is 4.80. The van der Waals surface area contributed by atoms with Gasteiger partial charge in [0, 0.05) is 18.7 Å². The number of hydrogen-bond donors (Lipinski definition) is 1. The van der Waals surface area contributed by atoms with Crippen molar-refractivity contribution in [2.24, 2.45) is 18.4 Å². The fourth-order valence-corrected chi connectivity index (χ4v) is 2.71. The van der Waals surface area contributed by atoms with Crippen LogP contribution in [0.3, 0.4) is 0 Å². The maximum Gasteiger partial charge on any atom is 0.130 e. The number of nitrogens with one attached hydrogen (secondary N) is 1. The van der Waals surface area contributed by atoms with Crippen molar-refractivity contribution in [2.75, 3.05) is 6.54 Å². The van der Waals surface area contributed by atoms with E-state index in [-0.39, 0.29) is 0 Å². The zero-order chi connectivity index (χ0) is 15.5. The smallest absolute Gasteiger partial charge is 0.130 e. The molecule has 1 heterocycles. The Labute approximate surface area is 129 Å². The lowest BCUT2D eigenvalue weighted by atomic mass is 9.78. The van der Waals surface area contributed by atoms with E-state index in [2.05, 4.69) is 45.0 Å². The molecular formula is C16H30ClN3. The molecule has 116 valence electrons. The second-order valence-corrected chi connectivity index (χ2v) is 7.30. The van der Waals surface area contributed by atoms with Crippen LogP contribution in [-0.4, -0.2) is 22.4 Å². The molecule has 1 aromatic heterocycles. The molecule has 20 heavy (non-hydrogen) atoms. The molecule has 0 fully saturated rings. The lowest BCUT2D eigenvalue weighted by Crippen LogP contribution is -2.35. The number of rotatable bonds is 6. The van der Waals surface area contributed by atoms with Crippen molar-refractivity contribution in [2.45, 2.75) is 60.4 Å². The summed E-state index contributed by atoms with van der Waals surface area (Å²) in [7, 11) is 1.90. The highest BCUT2D eigenvalue weighted by Gasteiger charge is 2.25. The topological polar surface area (TPSA) is 29.9 Å². The van der Waals surface area contributed by atoms with Crippen LogP contribution < -0.4 is 5.32 Å². The van der Waals surface area contributed by atoms with Crippen LogP contribution in [0.5, 0.6) is 0 Å². The Kier molecular flexibility index (Phi) is 6.08. The van der Waals surface area contributed by atoms with Gasteiger partial charge in [0.05, 0.1) is 5.69 Å². The Morgan fingerprint density at radius 2 is 1.95 bits per heavy atom. The highest BCUT2D eigenvalue weighted by Crippen LogP contribution is 2.30. The van der Waals surface area contributed by atoms with E-state index in [0.29, 0.717) is 17.4 Å². The number of halogens is 1. The molecule has 0 saturated carbocycles. The van der Waals surface area contributed by atoms with Gasteiger partial charge in [-0.2, -0.15) is 5.10 Å². The number of likely N-dealkylation sites (N-methyl/N-ethyl adjacent to an activating group) is 1. The summed E-state index contributed by atoms with van der Waals surface area (Å²) < 4.78 is 1.77. The van der Waals surface area contributed by atoms with Crippen molar-refractivity contribution in [3.63, 3.8) is 0 Å². The first kappa shape index (κ1) is 17.5. The maximum atomic E-state index is 6.36. The predicted octanol–water partition coefficient (Wildman–Crippen LogP) is 3.97. The van der Waals surface area contributed by atoms with Gasteiger partial charge in [-0.3, -0.25) is 4.68 Å². The van der Waals surface area contributed by atoms with Crippen molar-refractivity contribution in [3.8, 4) is 0 Å². The molecule has 0 aliphatic rings. The van der Waals surface area contributed by atoms with Crippen molar-refractivity contribution in [1.82, 2.24) is 15.1 Å². The second-order valence-electron chi connectivity index (χ2n) is 6.94. The Bertz CT molecular complexity index is 432. The first-order chi connectivity index (χ1) is 9.16. The summed E-state index contributed by atoms with van der Waals surface area (Å²) in [5.74, 6) is 0.655. The minimum atomic E-state index is 0.335. The van der Waals surface area contributed by atoms with E-state index >= 15 is 0 Å². The van der Waals surface area contributed by atoms with Crippen molar-refractivity contribution < 1.29 is 0 Å². The monoisotopic (exact) mass is 299 g/mol. The van der Waals surface area contributed by atoms with Crippen molar-refractivity contribution >= 4 is 11.6 Å². The standard InChI is InChI=1S/C16H30ClN3/c1-8-18-13(9-11(2)16(4,5)6)10-14-12(3)19-20(7)15(14)17/h11,13,18H,8-10H2,1-7H3. The van der Waals surface area contributed by atoms with Crippen LogP contribution in [0.4, 0.5) is 0 Å². The summed E-state index contributed by atoms with van der Waals surface area (Å²) in [4.78, 5) is 0. The van der Waals surface area contributed by atoms with Crippen molar-refractivity contribution in [3.05, 3.63) is 16.4 Å². The molecule has 1 N–H and O–H groups in total. The molecule has 0 bridgehead atoms. The highest BCUT2D eigenvalue weighted by atomic mass is 35.5. The summed E-state index contributed by atoms with van der Waals surface area (Å²) in [5.41, 5.74) is 2.56. The fourth-order valence-electron chi connectivity index (χ4n) is 2.46. The average Bonchev–Trinajstić information content (AvgIpc) is 2.55. The molecule has 0 aromatic carbocycles. The molecule has 2 atom stereocenters. The molecule has 0 spiro atoms. The summed E-state index contributed by atoms with van der Waals surface area (Å²) >= 11 is 6.36. The summed E-state index contributed by atoms with van der Waals surface area (Å²) in [6, 6.07) is 0.453. The Morgan fingerprint density at radius 3 is 2.35 bits per heavy atom. The van der Waals surface area contributed by atoms with E-state index in [1.54, 1.807) is 4.68 Å². The lowest BCUT2D eigenvalue weighted by molar-refractivity contribution is 0.222. The van der Waals surface area contributed by atoms with Crippen molar-refractivity contribution in [1.29, 1.82) is 0 Å². The van der Waals surface area contributed by atoms with Gasteiger partial charge in [0.1, 0.15) is 5.15 Å². The lowest BCUT2D eigenvalue weighted by Gasteiger charge is -2.31. The van der Waals surface area contributed by atoms with E-state index in [9.17, 15) is 0 Å². The zero-order valence-corrected chi connectivity index (χ0v) is 14.8. The summed E-state index contributed by atoms with van der Waals surface area (Å²) in [6.45, 7) is 14.4. The molecule has 4 heteroatoms. The number of aromatic nitrogens is 2. The normalized spacial score (nSPS) is 15.4. The highest BCUT2D eigenvalue weighted by molar-refractivity contribution is 6.30. The third kappa shape index (κ3) is 4.49. The van der Waals surface area contributed by atoms with E-state index in [4.69, 9.17) is 11.6 Å². The van der Waals surface area contributed by atoms with Crippen LogP contribution >= 0.6 is 11.6 Å². The first-order valence-corrected chi connectivity index (χ1v) is 7.96. The van der Waals surface area contributed by atoms with Gasteiger partial charge >= 0.3 is 0 Å². The molecular weight excluding hydrogens is 270 g/mol. The van der Waals surface area contributed by atoms with Gasteiger partial charge in [0.15, 0.2) is 0 Å². The third-order valence-electron chi connectivity index (χ3n) is 4.33. The molecule has 1 rings (SSSR count). The summed E-state index contributed by atoms with van der Waals surface area (Å²) in [6.07, 6.45) is 2.11. The van der Waals surface area contributed by atoms with Gasteiger partial charge in [0.25, 0.3) is 0 Å². The maximum absolute atomic E-state index is 6.36. The molecule has 0 radical (unpaired) electrons. The molecule has 0 aliphatic heterocycles. The van der Waals surface area contributed by atoms with Crippen LogP contribution in [-0.2, 0) is 13.5 Å². The summed E-state index contributed by atoms with van der Waals surface area (Å²) in [5, 5.41) is 8.78. The molecule has 1 aromatic rings. The van der Waals surface area contributed by atoms with E-state index < -0.39 is 0 Å². The van der Waals surface area contributed by atoms with Crippen LogP contribution in [0.25, 0.3) is 0 Å². The van der Waals surface area contributed by atoms with E-state index in [1.807, 2.05) is 14.0 Å². The number of aryl methyl sites for hydroxylation is 2. The predicted molar refractivity (Wildman–Crippen MR) is 87.4 cm³/mol. The molecule has 0 aliphatic carbocycles. The Hall–Kier alpha value is -0.540. The minimum absolute atomic E-state index is 0.335.